The second kappa shape index (κ2) is 8.33. The number of carbonyl (C=O) groups excluding carboxylic acids is 1. The number of pyridine rings is 1. The summed E-state index contributed by atoms with van der Waals surface area (Å²) in [4.78, 5) is 18.5. The number of carbonyl (C=O) groups is 1. The Labute approximate surface area is 148 Å². The molecular weight excluding hydrogens is 314 g/mol. The number of piperidine rings is 1. The van der Waals surface area contributed by atoms with Crippen LogP contribution < -0.4 is 15.0 Å². The number of nitrogens with zero attached hydrogens (tertiary/aromatic N) is 2. The average Bonchev–Trinajstić information content (AvgIpc) is 2.67. The summed E-state index contributed by atoms with van der Waals surface area (Å²) >= 11 is 0. The van der Waals surface area contributed by atoms with Crippen molar-refractivity contribution in [2.75, 3.05) is 25.1 Å². The molecule has 5 nitrogen and oxygen atoms in total. The first kappa shape index (κ1) is 17.0. The number of benzene rings is 1. The Bertz CT molecular complexity index is 731. The molecular formula is C20H23N3O2. The molecule has 3 rings (SSSR count). The van der Waals surface area contributed by atoms with Crippen molar-refractivity contribution in [3.8, 4) is 5.75 Å². The molecule has 1 amide bonds. The van der Waals surface area contributed by atoms with E-state index in [0.717, 1.165) is 42.9 Å². The topological polar surface area (TPSA) is 54.5 Å². The van der Waals surface area contributed by atoms with Crippen molar-refractivity contribution in [3.05, 3.63) is 60.4 Å². The van der Waals surface area contributed by atoms with E-state index in [1.807, 2.05) is 30.3 Å². The lowest BCUT2D eigenvalue weighted by atomic mass is 10.0. The third kappa shape index (κ3) is 4.83. The first-order valence-electron chi connectivity index (χ1n) is 8.52. The third-order valence-corrected chi connectivity index (χ3v) is 4.30. The van der Waals surface area contributed by atoms with Gasteiger partial charge in [0.15, 0.2) is 0 Å². The number of anilines is 1. The molecule has 5 heteroatoms. The van der Waals surface area contributed by atoms with Gasteiger partial charge in [-0.05, 0) is 42.7 Å². The Hall–Kier alpha value is -2.82. The Morgan fingerprint density at radius 1 is 1.36 bits per heavy atom. The highest BCUT2D eigenvalue weighted by Gasteiger charge is 2.21. The molecule has 0 bridgehead atoms. The van der Waals surface area contributed by atoms with Crippen molar-refractivity contribution in [3.63, 3.8) is 0 Å². The van der Waals surface area contributed by atoms with E-state index < -0.39 is 0 Å². The van der Waals surface area contributed by atoms with Gasteiger partial charge in [-0.25, -0.2) is 0 Å². The molecule has 2 heterocycles. The van der Waals surface area contributed by atoms with Gasteiger partial charge in [-0.3, -0.25) is 9.78 Å². The molecule has 2 aromatic rings. The Morgan fingerprint density at radius 2 is 2.28 bits per heavy atom. The molecule has 1 aromatic carbocycles. The fourth-order valence-corrected chi connectivity index (χ4v) is 3.03. The summed E-state index contributed by atoms with van der Waals surface area (Å²) in [6, 6.07) is 12.0. The standard InChI is InChI=1S/C20H23N3O2/c1-25-19-8-2-7-18(13-19)23-12-4-6-17(15-23)22-20(24)10-9-16-5-3-11-21-14-16/h2-3,5,7-11,13-14,17H,4,6,12,15H2,1H3,(H,22,24)/b10-9-/t17-/m0/s1. The number of rotatable bonds is 5. The average molecular weight is 337 g/mol. The molecule has 1 aliphatic rings. The van der Waals surface area contributed by atoms with Crippen molar-refractivity contribution in [1.29, 1.82) is 0 Å². The van der Waals surface area contributed by atoms with Crippen molar-refractivity contribution in [1.82, 2.24) is 10.3 Å². The zero-order chi connectivity index (χ0) is 17.5. The number of aromatic nitrogens is 1. The smallest absolute Gasteiger partial charge is 0.244 e. The molecule has 1 atom stereocenters. The minimum absolute atomic E-state index is 0.0682. The van der Waals surface area contributed by atoms with Gasteiger partial charge in [-0.15, -0.1) is 0 Å². The molecule has 0 radical (unpaired) electrons. The molecule has 0 saturated carbocycles. The lowest BCUT2D eigenvalue weighted by molar-refractivity contribution is -0.117. The molecule has 1 aromatic heterocycles. The van der Waals surface area contributed by atoms with Crippen molar-refractivity contribution in [2.24, 2.45) is 0 Å². The maximum atomic E-state index is 12.2. The van der Waals surface area contributed by atoms with Gasteiger partial charge >= 0.3 is 0 Å². The fraction of sp³-hybridized carbons (Fsp3) is 0.300. The summed E-state index contributed by atoms with van der Waals surface area (Å²) in [5, 5.41) is 3.10. The van der Waals surface area contributed by atoms with Crippen LogP contribution >= 0.6 is 0 Å². The van der Waals surface area contributed by atoms with Gasteiger partial charge in [-0.2, -0.15) is 0 Å². The Morgan fingerprint density at radius 3 is 3.08 bits per heavy atom. The van der Waals surface area contributed by atoms with E-state index in [9.17, 15) is 4.79 Å². The van der Waals surface area contributed by atoms with Crippen LogP contribution in [0.5, 0.6) is 5.75 Å². The van der Waals surface area contributed by atoms with Crippen LogP contribution in [-0.2, 0) is 4.79 Å². The minimum Gasteiger partial charge on any atom is -0.497 e. The van der Waals surface area contributed by atoms with Crippen LogP contribution in [0.25, 0.3) is 6.08 Å². The van der Waals surface area contributed by atoms with Crippen LogP contribution in [-0.4, -0.2) is 37.1 Å². The number of hydrogen-bond donors (Lipinski definition) is 1. The number of amides is 1. The number of hydrogen-bond acceptors (Lipinski definition) is 4. The zero-order valence-corrected chi connectivity index (χ0v) is 14.4. The summed E-state index contributed by atoms with van der Waals surface area (Å²) in [7, 11) is 1.67. The van der Waals surface area contributed by atoms with E-state index in [4.69, 9.17) is 4.74 Å². The van der Waals surface area contributed by atoms with E-state index in [-0.39, 0.29) is 11.9 Å². The molecule has 0 spiro atoms. The van der Waals surface area contributed by atoms with Gasteiger partial charge in [0.1, 0.15) is 5.75 Å². The van der Waals surface area contributed by atoms with Crippen LogP contribution in [0.3, 0.4) is 0 Å². The van der Waals surface area contributed by atoms with Gasteiger partial charge in [-0.1, -0.05) is 12.1 Å². The Balaban J connectivity index is 1.57. The summed E-state index contributed by atoms with van der Waals surface area (Å²) in [5.41, 5.74) is 2.04. The highest BCUT2D eigenvalue weighted by atomic mass is 16.5. The molecule has 1 saturated heterocycles. The summed E-state index contributed by atoms with van der Waals surface area (Å²) in [5.74, 6) is 0.782. The summed E-state index contributed by atoms with van der Waals surface area (Å²) in [6.45, 7) is 1.80. The normalized spacial score (nSPS) is 17.5. The lowest BCUT2D eigenvalue weighted by Crippen LogP contribution is -2.47. The van der Waals surface area contributed by atoms with Gasteiger partial charge in [0, 0.05) is 49.4 Å². The SMILES string of the molecule is COc1cccc(N2CCC[C@H](NC(=O)/C=C\c3cccnc3)C2)c1. The highest BCUT2D eigenvalue weighted by Crippen LogP contribution is 2.24. The van der Waals surface area contributed by atoms with Crippen LogP contribution in [0.15, 0.2) is 54.9 Å². The van der Waals surface area contributed by atoms with E-state index in [1.165, 1.54) is 0 Å². The molecule has 1 N–H and O–H groups in total. The van der Waals surface area contributed by atoms with Gasteiger partial charge < -0.3 is 15.0 Å². The number of ether oxygens (including phenoxy) is 1. The molecule has 1 aliphatic heterocycles. The molecule has 130 valence electrons. The summed E-state index contributed by atoms with van der Waals surface area (Å²) < 4.78 is 5.30. The molecule has 25 heavy (non-hydrogen) atoms. The minimum atomic E-state index is -0.0682. The van der Waals surface area contributed by atoms with E-state index in [1.54, 1.807) is 31.7 Å². The largest absolute Gasteiger partial charge is 0.497 e. The first-order chi connectivity index (χ1) is 12.2. The van der Waals surface area contributed by atoms with E-state index in [0.29, 0.717) is 0 Å². The number of methoxy groups -OCH3 is 1. The van der Waals surface area contributed by atoms with E-state index >= 15 is 0 Å². The molecule has 1 fully saturated rings. The first-order valence-corrected chi connectivity index (χ1v) is 8.52. The predicted molar refractivity (Wildman–Crippen MR) is 99.6 cm³/mol. The van der Waals surface area contributed by atoms with Gasteiger partial charge in [0.05, 0.1) is 7.11 Å². The third-order valence-electron chi connectivity index (χ3n) is 4.30. The van der Waals surface area contributed by atoms with Crippen LogP contribution in [0.1, 0.15) is 18.4 Å². The second-order valence-corrected chi connectivity index (χ2v) is 6.11. The van der Waals surface area contributed by atoms with Crippen LogP contribution in [0.4, 0.5) is 5.69 Å². The quantitative estimate of drug-likeness (QED) is 0.853. The monoisotopic (exact) mass is 337 g/mol. The maximum Gasteiger partial charge on any atom is 0.244 e. The maximum absolute atomic E-state index is 12.2. The number of nitrogens with one attached hydrogen (secondary N) is 1. The van der Waals surface area contributed by atoms with Gasteiger partial charge in [0.2, 0.25) is 5.91 Å². The lowest BCUT2D eigenvalue weighted by Gasteiger charge is -2.34. The van der Waals surface area contributed by atoms with Crippen LogP contribution in [0, 0.1) is 0 Å². The van der Waals surface area contributed by atoms with E-state index in [2.05, 4.69) is 21.3 Å². The van der Waals surface area contributed by atoms with Crippen LogP contribution in [0.2, 0.25) is 0 Å². The second-order valence-electron chi connectivity index (χ2n) is 6.11. The Kier molecular flexibility index (Phi) is 5.67. The fourth-order valence-electron chi connectivity index (χ4n) is 3.03. The highest BCUT2D eigenvalue weighted by molar-refractivity contribution is 5.91. The predicted octanol–water partition coefficient (Wildman–Crippen LogP) is 2.89. The van der Waals surface area contributed by atoms with Gasteiger partial charge in [0.25, 0.3) is 0 Å². The molecule has 0 unspecified atom stereocenters. The summed E-state index contributed by atoms with van der Waals surface area (Å²) in [6.07, 6.45) is 8.84. The zero-order valence-electron chi connectivity index (χ0n) is 14.4. The van der Waals surface area contributed by atoms with Crippen molar-refractivity contribution in [2.45, 2.75) is 18.9 Å². The van der Waals surface area contributed by atoms with Crippen molar-refractivity contribution < 1.29 is 9.53 Å². The molecule has 0 aliphatic carbocycles. The van der Waals surface area contributed by atoms with Crippen molar-refractivity contribution >= 4 is 17.7 Å².